The summed E-state index contributed by atoms with van der Waals surface area (Å²) in [6.45, 7) is 0. The normalized spacial score (nSPS) is 12.0. The minimum atomic E-state index is -4.43. The molecular weight excluding hydrogens is 489 g/mol. The standard InChI is InChI=1S/C23H12BrF3N2OS/c24-18-6-4-14(5-7-18)20-13-31-22(29-20)16(12-28)11-19-8-9-21(30-19)15-2-1-3-17(10-15)23(25,26)27/h1-11,13H. The Morgan fingerprint density at radius 1 is 1.06 bits per heavy atom. The molecule has 4 aromatic rings. The van der Waals surface area contributed by atoms with Gasteiger partial charge in [-0.3, -0.25) is 0 Å². The lowest BCUT2D eigenvalue weighted by Crippen LogP contribution is -2.04. The van der Waals surface area contributed by atoms with E-state index in [0.29, 0.717) is 21.9 Å². The van der Waals surface area contributed by atoms with E-state index < -0.39 is 11.7 Å². The van der Waals surface area contributed by atoms with Crippen LogP contribution in [0.5, 0.6) is 0 Å². The fourth-order valence-corrected chi connectivity index (χ4v) is 3.93. The Balaban J connectivity index is 1.61. The maximum atomic E-state index is 13.0. The maximum absolute atomic E-state index is 13.0. The summed E-state index contributed by atoms with van der Waals surface area (Å²) in [6.07, 6.45) is -2.90. The molecular formula is C23H12BrF3N2OS. The molecule has 0 radical (unpaired) electrons. The van der Waals surface area contributed by atoms with E-state index in [-0.39, 0.29) is 5.76 Å². The molecule has 0 atom stereocenters. The second-order valence-corrected chi connectivity index (χ2v) is 8.27. The van der Waals surface area contributed by atoms with Crippen LogP contribution in [0.25, 0.3) is 34.2 Å². The van der Waals surface area contributed by atoms with E-state index in [9.17, 15) is 18.4 Å². The first kappa shape index (κ1) is 21.1. The van der Waals surface area contributed by atoms with Gasteiger partial charge in [-0.25, -0.2) is 4.98 Å². The van der Waals surface area contributed by atoms with Gasteiger partial charge in [0.2, 0.25) is 0 Å². The number of hydrogen-bond acceptors (Lipinski definition) is 4. The Labute approximate surface area is 188 Å². The molecule has 8 heteroatoms. The van der Waals surface area contributed by atoms with Crippen LogP contribution < -0.4 is 0 Å². The van der Waals surface area contributed by atoms with Crippen molar-refractivity contribution in [1.29, 1.82) is 5.26 Å². The molecule has 31 heavy (non-hydrogen) atoms. The Morgan fingerprint density at radius 3 is 2.55 bits per heavy atom. The molecule has 0 saturated heterocycles. The number of benzene rings is 2. The number of halogens is 4. The first-order valence-corrected chi connectivity index (χ1v) is 10.6. The Hall–Kier alpha value is -3.15. The zero-order valence-electron chi connectivity index (χ0n) is 15.7. The molecule has 0 bridgehead atoms. The molecule has 0 amide bonds. The Morgan fingerprint density at radius 2 is 1.84 bits per heavy atom. The molecule has 0 aliphatic rings. The smallest absolute Gasteiger partial charge is 0.416 e. The molecule has 0 saturated carbocycles. The van der Waals surface area contributed by atoms with E-state index in [1.807, 2.05) is 29.6 Å². The fraction of sp³-hybridized carbons (Fsp3) is 0.0435. The highest BCUT2D eigenvalue weighted by molar-refractivity contribution is 9.10. The van der Waals surface area contributed by atoms with Gasteiger partial charge in [-0.2, -0.15) is 18.4 Å². The SMILES string of the molecule is N#CC(=Cc1ccc(-c2cccc(C(F)(F)F)c2)o1)c1nc(-c2ccc(Br)cc2)cs1. The van der Waals surface area contributed by atoms with Gasteiger partial charge in [-0.1, -0.05) is 40.2 Å². The first-order chi connectivity index (χ1) is 14.8. The van der Waals surface area contributed by atoms with Crippen molar-refractivity contribution in [3.05, 3.63) is 86.8 Å². The van der Waals surface area contributed by atoms with E-state index in [1.54, 1.807) is 12.1 Å². The highest BCUT2D eigenvalue weighted by Crippen LogP contribution is 2.33. The van der Waals surface area contributed by atoms with Crippen molar-refractivity contribution < 1.29 is 17.6 Å². The van der Waals surface area contributed by atoms with Gasteiger partial charge in [0.15, 0.2) is 0 Å². The highest BCUT2D eigenvalue weighted by atomic mass is 79.9. The average molecular weight is 501 g/mol. The molecule has 0 fully saturated rings. The third-order valence-corrected chi connectivity index (χ3v) is 5.79. The molecule has 2 heterocycles. The molecule has 0 aliphatic carbocycles. The summed E-state index contributed by atoms with van der Waals surface area (Å²) >= 11 is 4.72. The van der Waals surface area contributed by atoms with Crippen molar-refractivity contribution in [2.24, 2.45) is 0 Å². The maximum Gasteiger partial charge on any atom is 0.416 e. The van der Waals surface area contributed by atoms with Crippen molar-refractivity contribution in [2.45, 2.75) is 6.18 Å². The van der Waals surface area contributed by atoms with Gasteiger partial charge in [-0.15, -0.1) is 11.3 Å². The lowest BCUT2D eigenvalue weighted by Gasteiger charge is -2.07. The third kappa shape index (κ3) is 4.79. The summed E-state index contributed by atoms with van der Waals surface area (Å²) in [5, 5.41) is 12.0. The molecule has 0 aliphatic heterocycles. The van der Waals surface area contributed by atoms with Crippen LogP contribution in [0.3, 0.4) is 0 Å². The van der Waals surface area contributed by atoms with E-state index in [0.717, 1.165) is 27.9 Å². The topological polar surface area (TPSA) is 49.8 Å². The first-order valence-electron chi connectivity index (χ1n) is 8.94. The molecule has 0 spiro atoms. The van der Waals surface area contributed by atoms with Crippen molar-refractivity contribution >= 4 is 38.9 Å². The monoisotopic (exact) mass is 500 g/mol. The second-order valence-electron chi connectivity index (χ2n) is 6.50. The molecule has 0 unspecified atom stereocenters. The summed E-state index contributed by atoms with van der Waals surface area (Å²) in [7, 11) is 0. The van der Waals surface area contributed by atoms with Crippen molar-refractivity contribution in [1.82, 2.24) is 4.98 Å². The van der Waals surface area contributed by atoms with Gasteiger partial charge in [0, 0.05) is 27.1 Å². The predicted octanol–water partition coefficient (Wildman–Crippen LogP) is 7.92. The average Bonchev–Trinajstić information content (AvgIpc) is 3.42. The molecule has 3 nitrogen and oxygen atoms in total. The zero-order valence-corrected chi connectivity index (χ0v) is 18.1. The molecule has 2 aromatic heterocycles. The Bertz CT molecular complexity index is 1300. The van der Waals surface area contributed by atoms with Gasteiger partial charge in [0.25, 0.3) is 0 Å². The summed E-state index contributed by atoms with van der Waals surface area (Å²) in [4.78, 5) is 4.53. The number of furan rings is 1. The summed E-state index contributed by atoms with van der Waals surface area (Å²) in [5.74, 6) is 0.633. The second kappa shape index (κ2) is 8.53. The molecule has 2 aromatic carbocycles. The van der Waals surface area contributed by atoms with Gasteiger partial charge in [0.05, 0.1) is 16.8 Å². The number of aromatic nitrogens is 1. The van der Waals surface area contributed by atoms with Crippen molar-refractivity contribution in [3.8, 4) is 28.7 Å². The Kier molecular flexibility index (Phi) is 5.81. The summed E-state index contributed by atoms with van der Waals surface area (Å²) in [5.41, 5.74) is 1.53. The lowest BCUT2D eigenvalue weighted by molar-refractivity contribution is -0.137. The van der Waals surface area contributed by atoms with Crippen LogP contribution in [-0.4, -0.2) is 4.98 Å². The number of rotatable bonds is 4. The largest absolute Gasteiger partial charge is 0.457 e. The van der Waals surface area contributed by atoms with E-state index in [1.165, 1.54) is 29.5 Å². The summed E-state index contributed by atoms with van der Waals surface area (Å²) in [6, 6.07) is 17.9. The van der Waals surface area contributed by atoms with Crippen molar-refractivity contribution in [3.63, 3.8) is 0 Å². The lowest BCUT2D eigenvalue weighted by atomic mass is 10.1. The van der Waals surface area contributed by atoms with Crippen LogP contribution in [0.1, 0.15) is 16.3 Å². The predicted molar refractivity (Wildman–Crippen MR) is 118 cm³/mol. The van der Waals surface area contributed by atoms with Crippen LogP contribution >= 0.6 is 27.3 Å². The van der Waals surface area contributed by atoms with Gasteiger partial charge >= 0.3 is 6.18 Å². The van der Waals surface area contributed by atoms with Crippen LogP contribution in [0.2, 0.25) is 0 Å². The van der Waals surface area contributed by atoms with E-state index in [2.05, 4.69) is 27.0 Å². The van der Waals surface area contributed by atoms with Crippen LogP contribution in [-0.2, 0) is 6.18 Å². The van der Waals surface area contributed by atoms with Gasteiger partial charge < -0.3 is 4.42 Å². The van der Waals surface area contributed by atoms with Crippen LogP contribution in [0.15, 0.2) is 74.9 Å². The number of nitrogens with zero attached hydrogens (tertiary/aromatic N) is 2. The minimum absolute atomic E-state index is 0.282. The van der Waals surface area contributed by atoms with Gasteiger partial charge in [-0.05, 0) is 36.4 Å². The quantitative estimate of drug-likeness (QED) is 0.267. The number of hydrogen-bond donors (Lipinski definition) is 0. The highest BCUT2D eigenvalue weighted by Gasteiger charge is 2.30. The third-order valence-electron chi connectivity index (χ3n) is 4.38. The van der Waals surface area contributed by atoms with E-state index in [4.69, 9.17) is 4.42 Å². The molecule has 0 N–H and O–H groups in total. The number of nitriles is 1. The summed E-state index contributed by atoms with van der Waals surface area (Å²) < 4.78 is 45.5. The minimum Gasteiger partial charge on any atom is -0.457 e. The number of allylic oxidation sites excluding steroid dienone is 1. The van der Waals surface area contributed by atoms with Crippen molar-refractivity contribution in [2.75, 3.05) is 0 Å². The van der Waals surface area contributed by atoms with Crippen LogP contribution in [0.4, 0.5) is 13.2 Å². The van der Waals surface area contributed by atoms with E-state index >= 15 is 0 Å². The zero-order chi connectivity index (χ0) is 22.0. The molecule has 154 valence electrons. The van der Waals surface area contributed by atoms with Gasteiger partial charge in [0.1, 0.15) is 22.6 Å². The van der Waals surface area contributed by atoms with Crippen LogP contribution in [0, 0.1) is 11.3 Å². The number of thiazole rings is 1. The number of alkyl halides is 3. The molecule has 4 rings (SSSR count). The fourth-order valence-electron chi connectivity index (χ4n) is 2.87.